The number of carbonyl (C=O) groups is 1. The highest BCUT2D eigenvalue weighted by atomic mass is 16.5. The minimum absolute atomic E-state index is 0.000624. The minimum Gasteiger partial charge on any atom is -0.378 e. The molecule has 2 aliphatic heterocycles. The summed E-state index contributed by atoms with van der Waals surface area (Å²) in [6.07, 6.45) is 3.58. The molecule has 2 rings (SSSR count). The maximum Gasteiger partial charge on any atom is 0.239 e. The molecular formula is C15H29N3O2. The fourth-order valence-electron chi connectivity index (χ4n) is 3.08. The molecule has 0 saturated carbocycles. The lowest BCUT2D eigenvalue weighted by atomic mass is 10.0. The molecule has 116 valence electrons. The molecular weight excluding hydrogens is 254 g/mol. The molecule has 2 fully saturated rings. The number of morpholine rings is 1. The van der Waals surface area contributed by atoms with Crippen LogP contribution in [-0.4, -0.2) is 73.7 Å². The van der Waals surface area contributed by atoms with Crippen molar-refractivity contribution in [2.45, 2.75) is 45.2 Å². The van der Waals surface area contributed by atoms with Crippen molar-refractivity contribution in [3.63, 3.8) is 0 Å². The molecule has 0 aromatic carbocycles. The smallest absolute Gasteiger partial charge is 0.239 e. The minimum atomic E-state index is -0.000624. The first-order chi connectivity index (χ1) is 9.72. The summed E-state index contributed by atoms with van der Waals surface area (Å²) in [5, 5.41) is 3.59. The molecule has 0 aromatic heterocycles. The summed E-state index contributed by atoms with van der Waals surface area (Å²) in [6.45, 7) is 10.2. The van der Waals surface area contributed by atoms with Crippen LogP contribution in [0.15, 0.2) is 0 Å². The average Bonchev–Trinajstić information content (AvgIpc) is 2.52. The molecule has 5 nitrogen and oxygen atoms in total. The first-order valence-corrected chi connectivity index (χ1v) is 8.06. The maximum absolute atomic E-state index is 12.5. The number of likely N-dealkylation sites (tertiary alicyclic amines) is 1. The van der Waals surface area contributed by atoms with Gasteiger partial charge >= 0.3 is 0 Å². The van der Waals surface area contributed by atoms with E-state index in [0.29, 0.717) is 19.3 Å². The van der Waals surface area contributed by atoms with Crippen LogP contribution in [0.1, 0.15) is 33.1 Å². The van der Waals surface area contributed by atoms with Crippen LogP contribution in [0.25, 0.3) is 0 Å². The molecule has 2 aliphatic rings. The Balaban J connectivity index is 1.83. The first-order valence-electron chi connectivity index (χ1n) is 8.06. The predicted octanol–water partition coefficient (Wildman–Crippen LogP) is 0.698. The van der Waals surface area contributed by atoms with E-state index < -0.39 is 0 Å². The van der Waals surface area contributed by atoms with Gasteiger partial charge in [-0.3, -0.25) is 9.69 Å². The van der Waals surface area contributed by atoms with Gasteiger partial charge in [0.1, 0.15) is 0 Å². The summed E-state index contributed by atoms with van der Waals surface area (Å²) in [6, 6.07) is 0.544. The second-order valence-electron chi connectivity index (χ2n) is 5.90. The van der Waals surface area contributed by atoms with Crippen molar-refractivity contribution in [3.05, 3.63) is 0 Å². The van der Waals surface area contributed by atoms with Gasteiger partial charge in [0.15, 0.2) is 0 Å². The monoisotopic (exact) mass is 283 g/mol. The lowest BCUT2D eigenvalue weighted by Crippen LogP contribution is -2.55. The van der Waals surface area contributed by atoms with E-state index in [1.54, 1.807) is 0 Å². The van der Waals surface area contributed by atoms with Crippen molar-refractivity contribution in [1.29, 1.82) is 0 Å². The van der Waals surface area contributed by atoms with E-state index in [1.807, 2.05) is 4.90 Å². The molecule has 0 spiro atoms. The van der Waals surface area contributed by atoms with Gasteiger partial charge in [-0.05, 0) is 39.3 Å². The Hall–Kier alpha value is -0.650. The highest BCUT2D eigenvalue weighted by Crippen LogP contribution is 2.15. The molecule has 2 unspecified atom stereocenters. The van der Waals surface area contributed by atoms with Gasteiger partial charge in [-0.2, -0.15) is 0 Å². The number of ether oxygens (including phenoxy) is 1. The van der Waals surface area contributed by atoms with E-state index >= 15 is 0 Å². The molecule has 0 aliphatic carbocycles. The summed E-state index contributed by atoms with van der Waals surface area (Å²) in [4.78, 5) is 16.8. The number of nitrogens with one attached hydrogen (secondary N) is 1. The zero-order chi connectivity index (χ0) is 14.4. The van der Waals surface area contributed by atoms with Gasteiger partial charge in [-0.1, -0.05) is 6.92 Å². The summed E-state index contributed by atoms with van der Waals surface area (Å²) in [5.74, 6) is 0.268. The summed E-state index contributed by atoms with van der Waals surface area (Å²) < 4.78 is 5.32. The normalized spacial score (nSPS) is 26.5. The quantitative estimate of drug-likeness (QED) is 0.807. The third-order valence-electron chi connectivity index (χ3n) is 4.36. The van der Waals surface area contributed by atoms with Gasteiger partial charge in [0.05, 0.1) is 19.3 Å². The fraction of sp³-hybridized carbons (Fsp3) is 0.933. The third kappa shape index (κ3) is 4.17. The summed E-state index contributed by atoms with van der Waals surface area (Å²) in [5.41, 5.74) is 0. The van der Waals surface area contributed by atoms with E-state index in [4.69, 9.17) is 4.74 Å². The zero-order valence-corrected chi connectivity index (χ0v) is 12.9. The molecule has 0 aromatic rings. The molecule has 1 N–H and O–H groups in total. The predicted molar refractivity (Wildman–Crippen MR) is 79.7 cm³/mol. The largest absolute Gasteiger partial charge is 0.378 e. The lowest BCUT2D eigenvalue weighted by Gasteiger charge is -2.39. The molecule has 1 amide bonds. The van der Waals surface area contributed by atoms with Crippen LogP contribution < -0.4 is 5.32 Å². The van der Waals surface area contributed by atoms with Gasteiger partial charge in [0.2, 0.25) is 5.91 Å². The first kappa shape index (κ1) is 15.7. The van der Waals surface area contributed by atoms with Gasteiger partial charge in [0.25, 0.3) is 0 Å². The Labute approximate surface area is 122 Å². The van der Waals surface area contributed by atoms with Crippen LogP contribution in [0.4, 0.5) is 0 Å². The number of amides is 1. The van der Waals surface area contributed by atoms with Crippen LogP contribution in [0, 0.1) is 0 Å². The van der Waals surface area contributed by atoms with Gasteiger partial charge in [0, 0.05) is 25.7 Å². The topological polar surface area (TPSA) is 44.8 Å². The second-order valence-corrected chi connectivity index (χ2v) is 5.90. The van der Waals surface area contributed by atoms with Crippen LogP contribution in [-0.2, 0) is 9.53 Å². The molecule has 20 heavy (non-hydrogen) atoms. The van der Waals surface area contributed by atoms with E-state index in [2.05, 4.69) is 24.1 Å². The Morgan fingerprint density at radius 3 is 2.80 bits per heavy atom. The van der Waals surface area contributed by atoms with Crippen molar-refractivity contribution in [1.82, 2.24) is 15.1 Å². The van der Waals surface area contributed by atoms with E-state index in [9.17, 15) is 4.79 Å². The number of piperidine rings is 1. The second kappa shape index (κ2) is 7.96. The summed E-state index contributed by atoms with van der Waals surface area (Å²) >= 11 is 0. The Morgan fingerprint density at radius 2 is 2.10 bits per heavy atom. The van der Waals surface area contributed by atoms with Crippen LogP contribution in [0.5, 0.6) is 0 Å². The van der Waals surface area contributed by atoms with E-state index in [0.717, 1.165) is 32.7 Å². The zero-order valence-electron chi connectivity index (χ0n) is 12.9. The van der Waals surface area contributed by atoms with Crippen LogP contribution in [0.2, 0.25) is 0 Å². The van der Waals surface area contributed by atoms with Gasteiger partial charge < -0.3 is 15.0 Å². The number of carbonyl (C=O) groups excluding carboxylic acids is 1. The lowest BCUT2D eigenvalue weighted by molar-refractivity contribution is -0.141. The van der Waals surface area contributed by atoms with E-state index in [1.165, 1.54) is 19.3 Å². The molecule has 0 radical (unpaired) electrons. The van der Waals surface area contributed by atoms with Gasteiger partial charge in [-0.25, -0.2) is 0 Å². The number of hydrogen-bond donors (Lipinski definition) is 1. The summed E-state index contributed by atoms with van der Waals surface area (Å²) in [7, 11) is 0. The molecule has 0 bridgehead atoms. The Kier molecular flexibility index (Phi) is 6.26. The Morgan fingerprint density at radius 1 is 1.35 bits per heavy atom. The maximum atomic E-state index is 12.5. The number of rotatable bonds is 5. The van der Waals surface area contributed by atoms with E-state index in [-0.39, 0.29) is 11.9 Å². The third-order valence-corrected chi connectivity index (χ3v) is 4.36. The average molecular weight is 283 g/mol. The van der Waals surface area contributed by atoms with Crippen LogP contribution in [0.3, 0.4) is 0 Å². The van der Waals surface area contributed by atoms with Crippen molar-refractivity contribution >= 4 is 5.91 Å². The molecule has 5 heteroatoms. The molecule has 2 saturated heterocycles. The molecule has 2 heterocycles. The van der Waals surface area contributed by atoms with Gasteiger partial charge in [-0.15, -0.1) is 0 Å². The highest BCUT2D eigenvalue weighted by Gasteiger charge is 2.30. The standard InChI is InChI=1S/C15H29N3O2/c1-3-6-16-14-5-4-7-18(12-14)13(2)15(19)17-8-10-20-11-9-17/h13-14,16H,3-12H2,1-2H3. The number of nitrogens with zero attached hydrogens (tertiary/aromatic N) is 2. The van der Waals surface area contributed by atoms with Crippen molar-refractivity contribution in [2.75, 3.05) is 45.9 Å². The fourth-order valence-corrected chi connectivity index (χ4v) is 3.08. The van der Waals surface area contributed by atoms with Crippen molar-refractivity contribution in [3.8, 4) is 0 Å². The van der Waals surface area contributed by atoms with Crippen LogP contribution >= 0.6 is 0 Å². The SMILES string of the molecule is CCCNC1CCCN(C(C)C(=O)N2CCOCC2)C1. The number of hydrogen-bond acceptors (Lipinski definition) is 4. The highest BCUT2D eigenvalue weighted by molar-refractivity contribution is 5.81. The molecule has 2 atom stereocenters. The van der Waals surface area contributed by atoms with Crippen molar-refractivity contribution < 1.29 is 9.53 Å². The Bertz CT molecular complexity index is 305. The van der Waals surface area contributed by atoms with Crippen molar-refractivity contribution in [2.24, 2.45) is 0 Å².